The molecule has 5 heteroatoms. The van der Waals surface area contributed by atoms with Crippen LogP contribution in [0.4, 0.5) is 5.69 Å². The summed E-state index contributed by atoms with van der Waals surface area (Å²) in [5.41, 5.74) is 1.92. The lowest BCUT2D eigenvalue weighted by molar-refractivity contribution is -0.132. The van der Waals surface area contributed by atoms with E-state index in [1.165, 1.54) is 4.90 Å². The minimum Gasteiger partial charge on any atom is -0.507 e. The van der Waals surface area contributed by atoms with Gasteiger partial charge in [0, 0.05) is 15.7 Å². The van der Waals surface area contributed by atoms with E-state index in [4.69, 9.17) is 0 Å². The zero-order valence-electron chi connectivity index (χ0n) is 14.7. The van der Waals surface area contributed by atoms with Crippen LogP contribution in [0.3, 0.4) is 0 Å². The third-order valence-corrected chi connectivity index (χ3v) is 5.24. The molecule has 0 radical (unpaired) electrons. The lowest BCUT2D eigenvalue weighted by atomic mass is 9.95. The predicted molar refractivity (Wildman–Crippen MR) is 112 cm³/mol. The molecular formula is C23H16BrNO3. The summed E-state index contributed by atoms with van der Waals surface area (Å²) in [6.45, 7) is 0. The van der Waals surface area contributed by atoms with Crippen LogP contribution in [0.15, 0.2) is 95.0 Å². The van der Waals surface area contributed by atoms with Crippen molar-refractivity contribution in [3.63, 3.8) is 0 Å². The van der Waals surface area contributed by atoms with Crippen LogP contribution in [0.2, 0.25) is 0 Å². The summed E-state index contributed by atoms with van der Waals surface area (Å²) in [7, 11) is 0. The second kappa shape index (κ2) is 7.44. The molecular weight excluding hydrogens is 418 g/mol. The summed E-state index contributed by atoms with van der Waals surface area (Å²) in [5.74, 6) is -1.53. The van der Waals surface area contributed by atoms with E-state index in [2.05, 4.69) is 15.9 Å². The first-order valence-corrected chi connectivity index (χ1v) is 9.54. The Morgan fingerprint density at radius 2 is 1.39 bits per heavy atom. The fourth-order valence-electron chi connectivity index (χ4n) is 3.40. The molecule has 1 N–H and O–H groups in total. The maximum absolute atomic E-state index is 12.9. The third-order valence-electron chi connectivity index (χ3n) is 4.71. The summed E-state index contributed by atoms with van der Waals surface area (Å²) >= 11 is 3.41. The molecule has 1 fully saturated rings. The molecule has 0 aliphatic carbocycles. The van der Waals surface area contributed by atoms with E-state index in [1.807, 2.05) is 48.5 Å². The highest BCUT2D eigenvalue weighted by atomic mass is 79.9. The Morgan fingerprint density at radius 1 is 0.821 bits per heavy atom. The van der Waals surface area contributed by atoms with Crippen LogP contribution in [-0.2, 0) is 9.59 Å². The van der Waals surface area contributed by atoms with Gasteiger partial charge in [-0.25, -0.2) is 0 Å². The molecule has 4 nitrogen and oxygen atoms in total. The van der Waals surface area contributed by atoms with Crippen molar-refractivity contribution in [1.29, 1.82) is 0 Å². The number of para-hydroxylation sites is 1. The van der Waals surface area contributed by atoms with E-state index in [-0.39, 0.29) is 11.3 Å². The monoisotopic (exact) mass is 433 g/mol. The minimum atomic E-state index is -0.712. The van der Waals surface area contributed by atoms with Gasteiger partial charge in [-0.1, -0.05) is 76.6 Å². The van der Waals surface area contributed by atoms with Gasteiger partial charge in [0.05, 0.1) is 11.6 Å². The molecule has 1 amide bonds. The molecule has 1 aliphatic heterocycles. The largest absolute Gasteiger partial charge is 0.507 e. The zero-order valence-corrected chi connectivity index (χ0v) is 16.3. The van der Waals surface area contributed by atoms with Crippen molar-refractivity contribution >= 4 is 39.1 Å². The van der Waals surface area contributed by atoms with E-state index >= 15 is 0 Å². The van der Waals surface area contributed by atoms with Crippen molar-refractivity contribution < 1.29 is 14.7 Å². The summed E-state index contributed by atoms with van der Waals surface area (Å²) in [6, 6.07) is 24.5. The van der Waals surface area contributed by atoms with Gasteiger partial charge in [0.25, 0.3) is 11.7 Å². The first-order valence-electron chi connectivity index (χ1n) is 8.75. The molecule has 28 heavy (non-hydrogen) atoms. The van der Waals surface area contributed by atoms with Gasteiger partial charge in [0.15, 0.2) is 0 Å². The lowest BCUT2D eigenvalue weighted by Gasteiger charge is -2.25. The number of amides is 1. The van der Waals surface area contributed by atoms with E-state index < -0.39 is 17.7 Å². The van der Waals surface area contributed by atoms with Gasteiger partial charge in [-0.15, -0.1) is 0 Å². The smallest absolute Gasteiger partial charge is 0.300 e. The molecule has 1 atom stereocenters. The molecule has 1 saturated heterocycles. The van der Waals surface area contributed by atoms with Gasteiger partial charge in [-0.2, -0.15) is 0 Å². The van der Waals surface area contributed by atoms with Crippen LogP contribution in [0.1, 0.15) is 17.2 Å². The van der Waals surface area contributed by atoms with Crippen molar-refractivity contribution in [1.82, 2.24) is 0 Å². The molecule has 1 aliphatic rings. The molecule has 3 aromatic carbocycles. The Labute approximate surface area is 170 Å². The third kappa shape index (κ3) is 3.14. The minimum absolute atomic E-state index is 0.0855. The number of Topliss-reactive ketones (excluding diaryl/α,β-unsaturated/α-hetero) is 1. The van der Waals surface area contributed by atoms with Crippen molar-refractivity contribution in [3.8, 4) is 0 Å². The molecule has 0 bridgehead atoms. The average Bonchev–Trinajstić information content (AvgIpc) is 3.00. The number of anilines is 1. The predicted octanol–water partition coefficient (Wildman–Crippen LogP) is 5.08. The van der Waals surface area contributed by atoms with Gasteiger partial charge in [0.2, 0.25) is 0 Å². The summed E-state index contributed by atoms with van der Waals surface area (Å²) in [5, 5.41) is 10.9. The van der Waals surface area contributed by atoms with Crippen LogP contribution < -0.4 is 4.90 Å². The van der Waals surface area contributed by atoms with Gasteiger partial charge >= 0.3 is 0 Å². The number of rotatable bonds is 3. The number of aliphatic hydroxyl groups is 1. The summed E-state index contributed by atoms with van der Waals surface area (Å²) < 4.78 is 0.885. The second-order valence-electron chi connectivity index (χ2n) is 6.42. The molecule has 138 valence electrons. The fraction of sp³-hybridized carbons (Fsp3) is 0.0435. The Morgan fingerprint density at radius 3 is 2.00 bits per heavy atom. The highest BCUT2D eigenvalue weighted by Gasteiger charge is 2.46. The Bertz CT molecular complexity index is 1060. The fourth-order valence-corrected chi connectivity index (χ4v) is 3.66. The number of halogens is 1. The van der Waals surface area contributed by atoms with E-state index in [9.17, 15) is 14.7 Å². The quantitative estimate of drug-likeness (QED) is 0.356. The van der Waals surface area contributed by atoms with Crippen LogP contribution in [0, 0.1) is 0 Å². The Kier molecular flexibility index (Phi) is 4.84. The van der Waals surface area contributed by atoms with E-state index in [1.54, 1.807) is 36.4 Å². The van der Waals surface area contributed by atoms with Gasteiger partial charge in [0.1, 0.15) is 5.76 Å². The highest BCUT2D eigenvalue weighted by molar-refractivity contribution is 9.10. The summed E-state index contributed by atoms with van der Waals surface area (Å²) in [6.07, 6.45) is 0. The number of carbonyl (C=O) groups excluding carboxylic acids is 2. The Hall–Kier alpha value is -3.18. The maximum Gasteiger partial charge on any atom is 0.300 e. The molecule has 0 spiro atoms. The van der Waals surface area contributed by atoms with Crippen molar-refractivity contribution in [2.45, 2.75) is 6.04 Å². The first-order chi connectivity index (χ1) is 13.6. The van der Waals surface area contributed by atoms with Crippen LogP contribution in [0.5, 0.6) is 0 Å². The van der Waals surface area contributed by atoms with E-state index in [0.717, 1.165) is 10.0 Å². The number of nitrogens with zero attached hydrogens (tertiary/aromatic N) is 1. The first kappa shape index (κ1) is 18.2. The normalized spacial score (nSPS) is 18.5. The van der Waals surface area contributed by atoms with Crippen LogP contribution in [-0.4, -0.2) is 16.8 Å². The number of aliphatic hydroxyl groups excluding tert-OH is 1. The Balaban J connectivity index is 1.95. The second-order valence-corrected chi connectivity index (χ2v) is 7.34. The summed E-state index contributed by atoms with van der Waals surface area (Å²) in [4.78, 5) is 27.3. The van der Waals surface area contributed by atoms with Gasteiger partial charge < -0.3 is 5.11 Å². The molecule has 3 aromatic rings. The van der Waals surface area contributed by atoms with Crippen LogP contribution in [0.25, 0.3) is 5.76 Å². The maximum atomic E-state index is 12.9. The molecule has 0 saturated carbocycles. The van der Waals surface area contributed by atoms with E-state index in [0.29, 0.717) is 11.3 Å². The van der Waals surface area contributed by atoms with Gasteiger partial charge in [-0.05, 0) is 29.8 Å². The molecule has 1 unspecified atom stereocenters. The molecule has 1 heterocycles. The zero-order chi connectivity index (χ0) is 19.7. The highest BCUT2D eigenvalue weighted by Crippen LogP contribution is 2.42. The lowest BCUT2D eigenvalue weighted by Crippen LogP contribution is -2.29. The topological polar surface area (TPSA) is 57.6 Å². The van der Waals surface area contributed by atoms with Crippen molar-refractivity contribution in [2.24, 2.45) is 0 Å². The van der Waals surface area contributed by atoms with Gasteiger partial charge in [-0.3, -0.25) is 14.5 Å². The number of benzene rings is 3. The molecule has 4 rings (SSSR count). The number of ketones is 1. The van der Waals surface area contributed by atoms with Crippen molar-refractivity contribution in [2.75, 3.05) is 4.90 Å². The average molecular weight is 434 g/mol. The number of carbonyl (C=O) groups is 2. The van der Waals surface area contributed by atoms with Crippen LogP contribution >= 0.6 is 15.9 Å². The number of hydrogen-bond donors (Lipinski definition) is 1. The standard InChI is InChI=1S/C23H16BrNO3/c24-17-13-11-15(12-14-17)20-19(21(26)16-7-3-1-4-8-16)22(27)23(28)25(20)18-9-5-2-6-10-18/h1-14,20,26H. The van der Waals surface area contributed by atoms with Crippen molar-refractivity contribution in [3.05, 3.63) is 106 Å². The SMILES string of the molecule is O=C1C(=O)N(c2ccccc2)C(c2ccc(Br)cc2)C1=C(O)c1ccccc1. The molecule has 0 aromatic heterocycles. The number of hydrogen-bond acceptors (Lipinski definition) is 3.